The first kappa shape index (κ1) is 21.8. The van der Waals surface area contributed by atoms with Crippen LogP contribution in [0.15, 0.2) is 30.6 Å². The average Bonchev–Trinajstić information content (AvgIpc) is 3.33. The molecule has 2 aliphatic heterocycles. The number of halogens is 4. The second kappa shape index (κ2) is 8.25. The van der Waals surface area contributed by atoms with Crippen molar-refractivity contribution in [2.24, 2.45) is 0 Å². The first-order valence-electron chi connectivity index (χ1n) is 10.1. The first-order valence-corrected chi connectivity index (χ1v) is 11.8. The van der Waals surface area contributed by atoms with E-state index in [2.05, 4.69) is 15.3 Å². The van der Waals surface area contributed by atoms with Gasteiger partial charge >= 0.3 is 6.18 Å². The van der Waals surface area contributed by atoms with E-state index in [9.17, 15) is 21.6 Å². The zero-order valence-corrected chi connectivity index (χ0v) is 17.4. The molecule has 2 aromatic rings. The number of alkyl halides is 3. The van der Waals surface area contributed by atoms with Crippen molar-refractivity contribution in [2.75, 3.05) is 29.1 Å². The van der Waals surface area contributed by atoms with Crippen LogP contribution < -0.4 is 10.2 Å². The molecular formula is C20H22F4N4O2S. The second-order valence-electron chi connectivity index (χ2n) is 7.84. The van der Waals surface area contributed by atoms with Gasteiger partial charge in [0.25, 0.3) is 0 Å². The molecule has 0 bridgehead atoms. The quantitative estimate of drug-likeness (QED) is 0.684. The summed E-state index contributed by atoms with van der Waals surface area (Å²) < 4.78 is 77.7. The summed E-state index contributed by atoms with van der Waals surface area (Å²) in [4.78, 5) is 9.69. The van der Waals surface area contributed by atoms with Crippen molar-refractivity contribution < 1.29 is 26.0 Å². The molecule has 0 aliphatic carbocycles. The van der Waals surface area contributed by atoms with E-state index < -0.39 is 32.6 Å². The molecule has 11 heteroatoms. The lowest BCUT2D eigenvalue weighted by Gasteiger charge is -2.27. The Hall–Kier alpha value is -2.43. The number of nitrogens with one attached hydrogen (secondary N) is 1. The standard InChI is InChI=1S/C20H22F4N4O2S/c21-17-18(25-11-15-3-2-10-31(15,29)30)26-12-27-19(17)28-9-1-4-16(28)13-5-7-14(8-6-13)20(22,23)24/h5-8,12,15-16H,1-4,9-11H2,(H,25,26,27). The highest BCUT2D eigenvalue weighted by molar-refractivity contribution is 7.92. The van der Waals surface area contributed by atoms with Gasteiger partial charge in [0.15, 0.2) is 21.5 Å². The van der Waals surface area contributed by atoms with E-state index in [4.69, 9.17) is 0 Å². The maximum Gasteiger partial charge on any atom is 0.416 e. The molecule has 2 fully saturated rings. The molecule has 3 heterocycles. The Morgan fingerprint density at radius 2 is 1.84 bits per heavy atom. The zero-order valence-electron chi connectivity index (χ0n) is 16.6. The smallest absolute Gasteiger partial charge is 0.366 e. The molecule has 0 amide bonds. The summed E-state index contributed by atoms with van der Waals surface area (Å²) in [5.74, 6) is -0.588. The summed E-state index contributed by atoms with van der Waals surface area (Å²) in [6.07, 6.45) is -0.714. The third-order valence-electron chi connectivity index (χ3n) is 5.88. The van der Waals surface area contributed by atoms with Gasteiger partial charge in [-0.2, -0.15) is 17.6 Å². The highest BCUT2D eigenvalue weighted by Gasteiger charge is 2.34. The van der Waals surface area contributed by atoms with E-state index >= 15 is 4.39 Å². The maximum absolute atomic E-state index is 15.2. The van der Waals surface area contributed by atoms with Crippen molar-refractivity contribution in [3.63, 3.8) is 0 Å². The molecule has 168 valence electrons. The first-order chi connectivity index (χ1) is 14.7. The molecule has 1 N–H and O–H groups in total. The van der Waals surface area contributed by atoms with Gasteiger partial charge in [-0.1, -0.05) is 12.1 Å². The Morgan fingerprint density at radius 3 is 2.48 bits per heavy atom. The predicted octanol–water partition coefficient (Wildman–Crippen LogP) is 3.97. The molecule has 2 aliphatic rings. The lowest BCUT2D eigenvalue weighted by atomic mass is 10.0. The van der Waals surface area contributed by atoms with Crippen molar-refractivity contribution in [3.8, 4) is 0 Å². The van der Waals surface area contributed by atoms with Gasteiger partial charge in [-0.25, -0.2) is 18.4 Å². The third kappa shape index (κ3) is 4.46. The van der Waals surface area contributed by atoms with Crippen molar-refractivity contribution >= 4 is 21.5 Å². The Balaban J connectivity index is 1.54. The van der Waals surface area contributed by atoms with Gasteiger partial charge in [0.1, 0.15) is 6.33 Å². The van der Waals surface area contributed by atoms with Crippen molar-refractivity contribution in [3.05, 3.63) is 47.5 Å². The fourth-order valence-electron chi connectivity index (χ4n) is 4.24. The number of benzene rings is 1. The van der Waals surface area contributed by atoms with Crippen molar-refractivity contribution in [1.29, 1.82) is 0 Å². The molecule has 2 atom stereocenters. The third-order valence-corrected chi connectivity index (χ3v) is 8.15. The van der Waals surface area contributed by atoms with Gasteiger partial charge in [0.05, 0.1) is 22.6 Å². The highest BCUT2D eigenvalue weighted by Crippen LogP contribution is 2.38. The minimum absolute atomic E-state index is 0.0502. The van der Waals surface area contributed by atoms with E-state index in [0.29, 0.717) is 31.4 Å². The van der Waals surface area contributed by atoms with Gasteiger partial charge in [0, 0.05) is 13.1 Å². The summed E-state index contributed by atoms with van der Waals surface area (Å²) >= 11 is 0. The summed E-state index contributed by atoms with van der Waals surface area (Å²) in [6.45, 7) is 0.564. The average molecular weight is 458 g/mol. The second-order valence-corrected chi connectivity index (χ2v) is 10.2. The van der Waals surface area contributed by atoms with Gasteiger partial charge < -0.3 is 10.2 Å². The van der Waals surface area contributed by atoms with Gasteiger partial charge in [-0.05, 0) is 43.4 Å². The highest BCUT2D eigenvalue weighted by atomic mass is 32.2. The fourth-order valence-corrected chi connectivity index (χ4v) is 6.01. The van der Waals surface area contributed by atoms with E-state index in [-0.39, 0.29) is 30.0 Å². The van der Waals surface area contributed by atoms with Crippen LogP contribution in [0.1, 0.15) is 42.9 Å². The summed E-state index contributed by atoms with van der Waals surface area (Å²) in [6, 6.07) is 4.56. The van der Waals surface area contributed by atoms with Crippen molar-refractivity contribution in [1.82, 2.24) is 9.97 Å². The van der Waals surface area contributed by atoms with Gasteiger partial charge in [0.2, 0.25) is 5.82 Å². The summed E-state index contributed by atoms with van der Waals surface area (Å²) in [7, 11) is -3.17. The molecule has 1 aromatic heterocycles. The van der Waals surface area contributed by atoms with Gasteiger partial charge in [-0.3, -0.25) is 0 Å². The molecular weight excluding hydrogens is 436 g/mol. The van der Waals surface area contributed by atoms with E-state index in [1.807, 2.05) is 0 Å². The van der Waals surface area contributed by atoms with Crippen LogP contribution in [0, 0.1) is 5.82 Å². The van der Waals surface area contributed by atoms with Crippen LogP contribution in [-0.4, -0.2) is 42.5 Å². The van der Waals surface area contributed by atoms with Crippen LogP contribution in [0.3, 0.4) is 0 Å². The minimum atomic E-state index is -4.42. The molecule has 0 radical (unpaired) electrons. The number of hydrogen-bond acceptors (Lipinski definition) is 6. The number of aromatic nitrogens is 2. The van der Waals surface area contributed by atoms with Crippen molar-refractivity contribution in [2.45, 2.75) is 43.2 Å². The van der Waals surface area contributed by atoms with E-state index in [1.165, 1.54) is 18.5 Å². The Labute approximate surface area is 177 Å². The van der Waals surface area contributed by atoms with E-state index in [0.717, 1.165) is 18.6 Å². The minimum Gasteiger partial charge on any atom is -0.366 e. The topological polar surface area (TPSA) is 75.2 Å². The van der Waals surface area contributed by atoms with Crippen LogP contribution >= 0.6 is 0 Å². The molecule has 2 saturated heterocycles. The van der Waals surface area contributed by atoms with E-state index in [1.54, 1.807) is 4.90 Å². The monoisotopic (exact) mass is 458 g/mol. The van der Waals surface area contributed by atoms with Crippen LogP contribution in [0.25, 0.3) is 0 Å². The lowest BCUT2D eigenvalue weighted by molar-refractivity contribution is -0.137. The zero-order chi connectivity index (χ0) is 22.2. The Bertz CT molecular complexity index is 1040. The Kier molecular flexibility index (Phi) is 5.80. The number of sulfone groups is 1. The van der Waals surface area contributed by atoms with Crippen LogP contribution in [-0.2, 0) is 16.0 Å². The Morgan fingerprint density at radius 1 is 1.10 bits per heavy atom. The molecule has 0 saturated carbocycles. The number of nitrogens with zero attached hydrogens (tertiary/aromatic N) is 3. The van der Waals surface area contributed by atoms with Gasteiger partial charge in [-0.15, -0.1) is 0 Å². The molecule has 6 nitrogen and oxygen atoms in total. The molecule has 0 spiro atoms. The number of anilines is 2. The molecule has 4 rings (SSSR count). The van der Waals surface area contributed by atoms with Crippen LogP contribution in [0.4, 0.5) is 29.2 Å². The number of hydrogen-bond donors (Lipinski definition) is 1. The molecule has 1 aromatic carbocycles. The summed E-state index contributed by atoms with van der Waals surface area (Å²) in [5, 5.41) is 2.22. The predicted molar refractivity (Wildman–Crippen MR) is 108 cm³/mol. The number of rotatable bonds is 5. The summed E-state index contributed by atoms with van der Waals surface area (Å²) in [5.41, 5.74) is -0.0857. The normalized spacial score (nSPS) is 23.3. The maximum atomic E-state index is 15.2. The molecule has 31 heavy (non-hydrogen) atoms. The van der Waals surface area contributed by atoms with Crippen LogP contribution in [0.5, 0.6) is 0 Å². The van der Waals surface area contributed by atoms with Crippen LogP contribution in [0.2, 0.25) is 0 Å². The molecule has 2 unspecified atom stereocenters. The lowest BCUT2D eigenvalue weighted by Crippen LogP contribution is -2.27. The fraction of sp³-hybridized carbons (Fsp3) is 0.500. The largest absolute Gasteiger partial charge is 0.416 e. The SMILES string of the molecule is O=S1(=O)CCCC1CNc1ncnc(N2CCCC2c2ccc(C(F)(F)F)cc2)c1F.